The molecule has 1 fully saturated rings. The van der Waals surface area contributed by atoms with Crippen LogP contribution in [-0.4, -0.2) is 21.9 Å². The van der Waals surface area contributed by atoms with Gasteiger partial charge in [0, 0.05) is 13.1 Å². The van der Waals surface area contributed by atoms with Gasteiger partial charge in [0.1, 0.15) is 11.8 Å². The van der Waals surface area contributed by atoms with E-state index in [0.717, 1.165) is 42.3 Å². The van der Waals surface area contributed by atoms with E-state index in [1.165, 1.54) is 0 Å². The van der Waals surface area contributed by atoms with Gasteiger partial charge in [-0.3, -0.25) is 4.68 Å². The fourth-order valence-corrected chi connectivity index (χ4v) is 2.84. The van der Waals surface area contributed by atoms with Crippen molar-refractivity contribution in [2.75, 3.05) is 0 Å². The van der Waals surface area contributed by atoms with Gasteiger partial charge >= 0.3 is 0 Å². The van der Waals surface area contributed by atoms with Gasteiger partial charge in [0.15, 0.2) is 0 Å². The van der Waals surface area contributed by atoms with E-state index < -0.39 is 0 Å². The van der Waals surface area contributed by atoms with E-state index in [-0.39, 0.29) is 6.10 Å². The van der Waals surface area contributed by atoms with Gasteiger partial charge in [0.2, 0.25) is 0 Å². The van der Waals surface area contributed by atoms with E-state index in [4.69, 9.17) is 10.5 Å². The van der Waals surface area contributed by atoms with Gasteiger partial charge in [-0.05, 0) is 37.8 Å². The first kappa shape index (κ1) is 12.9. The molecule has 0 unspecified atom stereocenters. The minimum absolute atomic E-state index is 0.214. The van der Waals surface area contributed by atoms with E-state index in [2.05, 4.69) is 11.2 Å². The molecule has 5 heteroatoms. The van der Waals surface area contributed by atoms with Crippen LogP contribution in [0.15, 0.2) is 18.3 Å². The lowest BCUT2D eigenvalue weighted by Crippen LogP contribution is -2.31. The van der Waals surface area contributed by atoms with Gasteiger partial charge in [0.25, 0.3) is 0 Å². The first-order valence-electron chi connectivity index (χ1n) is 6.96. The van der Waals surface area contributed by atoms with Crippen molar-refractivity contribution in [2.24, 2.45) is 12.8 Å². The molecule has 5 nitrogen and oxygen atoms in total. The highest BCUT2D eigenvalue weighted by molar-refractivity contribution is 5.89. The number of nitrogens with zero attached hydrogens (tertiary/aromatic N) is 3. The Bertz CT molecular complexity index is 662. The summed E-state index contributed by atoms with van der Waals surface area (Å²) in [6.45, 7) is 0. The average Bonchev–Trinajstić information content (AvgIpc) is 2.85. The van der Waals surface area contributed by atoms with Crippen LogP contribution >= 0.6 is 0 Å². The molecule has 1 aromatic heterocycles. The molecule has 0 radical (unpaired) electrons. The lowest BCUT2D eigenvalue weighted by molar-refractivity contribution is 0.149. The standard InChI is InChI=1S/C15H18N4O/c1-19-15-10(8-16)2-7-14(13(15)9-18-19)20-12-5-3-11(17)4-6-12/h2,7,9,11-12H,3-6,17H2,1H3. The second kappa shape index (κ2) is 5.14. The molecule has 1 saturated carbocycles. The smallest absolute Gasteiger partial charge is 0.130 e. The van der Waals surface area contributed by atoms with E-state index in [1.807, 2.05) is 13.1 Å². The monoisotopic (exact) mass is 270 g/mol. The van der Waals surface area contributed by atoms with Gasteiger partial charge in [-0.15, -0.1) is 0 Å². The number of fused-ring (bicyclic) bond motifs is 1. The SMILES string of the molecule is Cn1ncc2c(OC3CCC(N)CC3)ccc(C#N)c21. The molecular weight excluding hydrogens is 252 g/mol. The van der Waals surface area contributed by atoms with Crippen LogP contribution in [-0.2, 0) is 7.05 Å². The number of aryl methyl sites for hydroxylation is 1. The third-order valence-corrected chi connectivity index (χ3v) is 3.99. The molecule has 1 aliphatic carbocycles. The van der Waals surface area contributed by atoms with Crippen LogP contribution in [0.1, 0.15) is 31.2 Å². The first-order chi connectivity index (χ1) is 9.69. The molecule has 0 spiro atoms. The summed E-state index contributed by atoms with van der Waals surface area (Å²) in [5.74, 6) is 0.813. The molecule has 0 saturated heterocycles. The van der Waals surface area contributed by atoms with Crippen molar-refractivity contribution < 1.29 is 4.74 Å². The maximum absolute atomic E-state index is 9.17. The molecular formula is C15H18N4O. The molecule has 0 amide bonds. The van der Waals surface area contributed by atoms with Gasteiger partial charge in [-0.2, -0.15) is 10.4 Å². The number of rotatable bonds is 2. The summed E-state index contributed by atoms with van der Waals surface area (Å²) in [7, 11) is 1.84. The average molecular weight is 270 g/mol. The zero-order valence-electron chi connectivity index (χ0n) is 11.5. The maximum Gasteiger partial charge on any atom is 0.130 e. The summed E-state index contributed by atoms with van der Waals surface area (Å²) in [6, 6.07) is 6.19. The fourth-order valence-electron chi connectivity index (χ4n) is 2.84. The topological polar surface area (TPSA) is 76.9 Å². The van der Waals surface area contributed by atoms with Crippen molar-refractivity contribution in [2.45, 2.75) is 37.8 Å². The molecule has 2 aromatic rings. The van der Waals surface area contributed by atoms with Crippen molar-refractivity contribution in [3.63, 3.8) is 0 Å². The largest absolute Gasteiger partial charge is 0.490 e. The number of ether oxygens (including phenoxy) is 1. The maximum atomic E-state index is 9.17. The number of benzene rings is 1. The lowest BCUT2D eigenvalue weighted by atomic mass is 9.93. The van der Waals surface area contributed by atoms with Crippen LogP contribution in [0.5, 0.6) is 5.75 Å². The molecule has 0 aliphatic heterocycles. The normalized spacial score (nSPS) is 22.6. The summed E-state index contributed by atoms with van der Waals surface area (Å²) in [5.41, 5.74) is 7.37. The Balaban J connectivity index is 1.91. The summed E-state index contributed by atoms with van der Waals surface area (Å²) in [5, 5.41) is 14.3. The number of nitrogens with two attached hydrogens (primary N) is 1. The number of aromatic nitrogens is 2. The minimum Gasteiger partial charge on any atom is -0.490 e. The van der Waals surface area contributed by atoms with Gasteiger partial charge in [-0.25, -0.2) is 0 Å². The van der Waals surface area contributed by atoms with Gasteiger partial charge < -0.3 is 10.5 Å². The Morgan fingerprint density at radius 1 is 1.35 bits per heavy atom. The van der Waals surface area contributed by atoms with E-state index in [1.54, 1.807) is 16.9 Å². The molecule has 0 atom stereocenters. The van der Waals surface area contributed by atoms with E-state index in [0.29, 0.717) is 11.6 Å². The highest BCUT2D eigenvalue weighted by Gasteiger charge is 2.21. The van der Waals surface area contributed by atoms with E-state index in [9.17, 15) is 5.26 Å². The molecule has 0 bridgehead atoms. The Morgan fingerprint density at radius 3 is 2.80 bits per heavy atom. The third-order valence-electron chi connectivity index (χ3n) is 3.99. The number of hydrogen-bond donors (Lipinski definition) is 1. The van der Waals surface area contributed by atoms with Crippen LogP contribution in [0, 0.1) is 11.3 Å². The van der Waals surface area contributed by atoms with Crippen LogP contribution in [0.4, 0.5) is 0 Å². The van der Waals surface area contributed by atoms with Crippen LogP contribution in [0.3, 0.4) is 0 Å². The quantitative estimate of drug-likeness (QED) is 0.906. The molecule has 104 valence electrons. The van der Waals surface area contributed by atoms with Gasteiger partial charge in [-0.1, -0.05) is 0 Å². The predicted molar refractivity (Wildman–Crippen MR) is 76.3 cm³/mol. The van der Waals surface area contributed by atoms with Crippen LogP contribution < -0.4 is 10.5 Å². The summed E-state index contributed by atoms with van der Waals surface area (Å²) in [4.78, 5) is 0. The number of nitriles is 1. The van der Waals surface area contributed by atoms with Crippen LogP contribution in [0.2, 0.25) is 0 Å². The summed E-state index contributed by atoms with van der Waals surface area (Å²) < 4.78 is 7.83. The van der Waals surface area contributed by atoms with Crippen molar-refractivity contribution >= 4 is 10.9 Å². The summed E-state index contributed by atoms with van der Waals surface area (Å²) >= 11 is 0. The molecule has 3 rings (SSSR count). The summed E-state index contributed by atoms with van der Waals surface area (Å²) in [6.07, 6.45) is 5.98. The van der Waals surface area contributed by atoms with Gasteiger partial charge in [0.05, 0.1) is 28.8 Å². The second-order valence-electron chi connectivity index (χ2n) is 5.41. The molecule has 1 heterocycles. The molecule has 1 aliphatic rings. The lowest BCUT2D eigenvalue weighted by Gasteiger charge is -2.27. The second-order valence-corrected chi connectivity index (χ2v) is 5.41. The van der Waals surface area contributed by atoms with Crippen molar-refractivity contribution in [1.29, 1.82) is 5.26 Å². The highest BCUT2D eigenvalue weighted by Crippen LogP contribution is 2.31. The van der Waals surface area contributed by atoms with Crippen LogP contribution in [0.25, 0.3) is 10.9 Å². The zero-order valence-corrected chi connectivity index (χ0v) is 11.5. The molecule has 20 heavy (non-hydrogen) atoms. The van der Waals surface area contributed by atoms with Crippen molar-refractivity contribution in [1.82, 2.24) is 9.78 Å². The highest BCUT2D eigenvalue weighted by atomic mass is 16.5. The Hall–Kier alpha value is -2.06. The predicted octanol–water partition coefficient (Wildman–Crippen LogP) is 2.09. The Morgan fingerprint density at radius 2 is 2.10 bits per heavy atom. The number of hydrogen-bond acceptors (Lipinski definition) is 4. The Labute approximate surface area is 117 Å². The third kappa shape index (κ3) is 2.23. The van der Waals surface area contributed by atoms with Crippen molar-refractivity contribution in [3.05, 3.63) is 23.9 Å². The zero-order chi connectivity index (χ0) is 14.1. The van der Waals surface area contributed by atoms with E-state index >= 15 is 0 Å². The fraction of sp³-hybridized carbons (Fsp3) is 0.467. The first-order valence-corrected chi connectivity index (χ1v) is 6.96. The minimum atomic E-state index is 0.214. The molecule has 1 aromatic carbocycles. The molecule has 2 N–H and O–H groups in total. The Kier molecular flexibility index (Phi) is 3.33. The van der Waals surface area contributed by atoms with Crippen molar-refractivity contribution in [3.8, 4) is 11.8 Å².